The topological polar surface area (TPSA) is 37.3 Å². The summed E-state index contributed by atoms with van der Waals surface area (Å²) in [6, 6.07) is 2.16. The third kappa shape index (κ3) is 1.92. The van der Waals surface area contributed by atoms with E-state index in [1.54, 1.807) is 0 Å². The molecule has 1 atom stereocenters. The average Bonchev–Trinajstić information content (AvgIpc) is 2.13. The summed E-state index contributed by atoms with van der Waals surface area (Å²) < 4.78 is 25.8. The van der Waals surface area contributed by atoms with Crippen LogP contribution in [-0.4, -0.2) is 11.1 Å². The fraction of sp³-hybridized carbons (Fsp3) is 0.222. The second-order valence-corrected chi connectivity index (χ2v) is 3.62. The third-order valence-electron chi connectivity index (χ3n) is 1.90. The lowest BCUT2D eigenvalue weighted by atomic mass is 10.0. The largest absolute Gasteiger partial charge is 0.481 e. The van der Waals surface area contributed by atoms with Crippen LogP contribution in [-0.2, 0) is 4.79 Å². The van der Waals surface area contributed by atoms with Crippen molar-refractivity contribution in [2.45, 2.75) is 12.8 Å². The molecule has 0 heterocycles. The fourth-order valence-corrected chi connectivity index (χ4v) is 1.37. The van der Waals surface area contributed by atoms with Crippen molar-refractivity contribution in [1.82, 2.24) is 0 Å². The van der Waals surface area contributed by atoms with Gasteiger partial charge in [0.05, 0.1) is 10.4 Å². The summed E-state index contributed by atoms with van der Waals surface area (Å²) in [5.74, 6) is -3.75. The Morgan fingerprint density at radius 1 is 1.50 bits per heavy atom. The first-order valence-corrected chi connectivity index (χ1v) is 4.60. The van der Waals surface area contributed by atoms with Gasteiger partial charge < -0.3 is 5.11 Å². The quantitative estimate of drug-likeness (QED) is 0.835. The Kier molecular flexibility index (Phi) is 3.21. The van der Waals surface area contributed by atoms with Crippen LogP contribution in [0.3, 0.4) is 0 Å². The summed E-state index contributed by atoms with van der Waals surface area (Å²) in [5, 5.41) is 8.64. The third-order valence-corrected chi connectivity index (χ3v) is 2.63. The first-order valence-electron chi connectivity index (χ1n) is 3.81. The monoisotopic (exact) mass is 264 g/mol. The molecule has 76 valence electrons. The molecule has 0 bridgehead atoms. The molecule has 2 nitrogen and oxygen atoms in total. The molecule has 14 heavy (non-hydrogen) atoms. The lowest BCUT2D eigenvalue weighted by Gasteiger charge is -2.09. The Morgan fingerprint density at radius 2 is 2.07 bits per heavy atom. The number of benzene rings is 1. The Bertz CT molecular complexity index is 379. The predicted molar refractivity (Wildman–Crippen MR) is 50.1 cm³/mol. The number of hydrogen-bond acceptors (Lipinski definition) is 1. The number of aliphatic carboxylic acids is 1. The minimum atomic E-state index is -1.15. The number of carboxylic acids is 1. The highest BCUT2D eigenvalue weighted by Crippen LogP contribution is 2.27. The van der Waals surface area contributed by atoms with E-state index in [9.17, 15) is 13.6 Å². The summed E-state index contributed by atoms with van der Waals surface area (Å²) in [4.78, 5) is 10.6. The van der Waals surface area contributed by atoms with Crippen LogP contribution in [0, 0.1) is 11.6 Å². The Balaban J connectivity index is 3.24. The van der Waals surface area contributed by atoms with Crippen molar-refractivity contribution in [1.29, 1.82) is 0 Å². The minimum absolute atomic E-state index is 0.0363. The van der Waals surface area contributed by atoms with E-state index in [-0.39, 0.29) is 10.0 Å². The first kappa shape index (κ1) is 11.1. The van der Waals surface area contributed by atoms with E-state index in [2.05, 4.69) is 15.9 Å². The number of hydrogen-bond donors (Lipinski definition) is 1. The maximum atomic E-state index is 13.3. The maximum Gasteiger partial charge on any atom is 0.310 e. The number of rotatable bonds is 2. The van der Waals surface area contributed by atoms with Crippen LogP contribution >= 0.6 is 15.9 Å². The van der Waals surface area contributed by atoms with Crippen molar-refractivity contribution in [3.05, 3.63) is 33.8 Å². The summed E-state index contributed by atoms with van der Waals surface area (Å²) in [6.45, 7) is 1.34. The second kappa shape index (κ2) is 4.04. The van der Waals surface area contributed by atoms with Gasteiger partial charge in [-0.3, -0.25) is 4.79 Å². The highest BCUT2D eigenvalue weighted by molar-refractivity contribution is 9.10. The van der Waals surface area contributed by atoms with Gasteiger partial charge in [0, 0.05) is 5.56 Å². The maximum absolute atomic E-state index is 13.3. The van der Waals surface area contributed by atoms with E-state index >= 15 is 0 Å². The van der Waals surface area contributed by atoms with Crippen LogP contribution in [0.15, 0.2) is 16.6 Å². The summed E-state index contributed by atoms with van der Waals surface area (Å²) in [5.41, 5.74) is -0.0363. The summed E-state index contributed by atoms with van der Waals surface area (Å²) in [7, 11) is 0. The van der Waals surface area contributed by atoms with Gasteiger partial charge in [0.1, 0.15) is 11.6 Å². The van der Waals surface area contributed by atoms with Crippen LogP contribution in [0.4, 0.5) is 8.78 Å². The molecule has 1 aromatic carbocycles. The zero-order valence-corrected chi connectivity index (χ0v) is 8.81. The molecule has 5 heteroatoms. The van der Waals surface area contributed by atoms with Crippen molar-refractivity contribution in [2.75, 3.05) is 0 Å². The smallest absolute Gasteiger partial charge is 0.310 e. The van der Waals surface area contributed by atoms with E-state index in [0.29, 0.717) is 0 Å². The fourth-order valence-electron chi connectivity index (χ4n) is 1.01. The molecule has 0 amide bonds. The minimum Gasteiger partial charge on any atom is -0.481 e. The van der Waals surface area contributed by atoms with Gasteiger partial charge >= 0.3 is 5.97 Å². The zero-order chi connectivity index (χ0) is 10.9. The average molecular weight is 265 g/mol. The summed E-state index contributed by atoms with van der Waals surface area (Å²) >= 11 is 2.70. The van der Waals surface area contributed by atoms with Crippen LogP contribution in [0.2, 0.25) is 0 Å². The van der Waals surface area contributed by atoms with Crippen molar-refractivity contribution < 1.29 is 18.7 Å². The van der Waals surface area contributed by atoms with Gasteiger partial charge in [0.15, 0.2) is 0 Å². The van der Waals surface area contributed by atoms with Gasteiger partial charge in [0.2, 0.25) is 0 Å². The zero-order valence-electron chi connectivity index (χ0n) is 7.22. The first-order chi connectivity index (χ1) is 6.45. The van der Waals surface area contributed by atoms with Crippen molar-refractivity contribution in [3.63, 3.8) is 0 Å². The second-order valence-electron chi connectivity index (χ2n) is 2.82. The van der Waals surface area contributed by atoms with E-state index < -0.39 is 23.5 Å². The van der Waals surface area contributed by atoms with Gasteiger partial charge in [-0.15, -0.1) is 0 Å². The number of carboxylic acid groups (broad SMARTS) is 1. The lowest BCUT2D eigenvalue weighted by Crippen LogP contribution is -2.10. The molecule has 1 N–H and O–H groups in total. The molecule has 0 aliphatic carbocycles. The van der Waals surface area contributed by atoms with Crippen molar-refractivity contribution >= 4 is 21.9 Å². The molecular formula is C9H7BrF2O2. The molecule has 1 aromatic rings. The molecule has 0 aliphatic rings. The normalized spacial score (nSPS) is 12.6. The van der Waals surface area contributed by atoms with Gasteiger partial charge in [0.25, 0.3) is 0 Å². The van der Waals surface area contributed by atoms with Crippen molar-refractivity contribution in [3.8, 4) is 0 Å². The van der Waals surface area contributed by atoms with Gasteiger partial charge in [-0.05, 0) is 28.9 Å². The highest BCUT2D eigenvalue weighted by atomic mass is 79.9. The van der Waals surface area contributed by atoms with Crippen LogP contribution in [0.5, 0.6) is 0 Å². The SMILES string of the molecule is CC(C(=O)O)c1ccc(F)c(Br)c1F. The molecule has 0 saturated carbocycles. The van der Waals surface area contributed by atoms with Gasteiger partial charge in [-0.1, -0.05) is 6.07 Å². The van der Waals surface area contributed by atoms with Gasteiger partial charge in [-0.25, -0.2) is 8.78 Å². The Hall–Kier alpha value is -0.970. The molecule has 1 rings (SSSR count). The molecule has 0 aromatic heterocycles. The standard InChI is InChI=1S/C9H7BrF2O2/c1-4(9(13)14)5-2-3-6(11)7(10)8(5)12/h2-4H,1H3,(H,13,14). The number of carbonyl (C=O) groups is 1. The van der Waals surface area contributed by atoms with Crippen LogP contribution in [0.25, 0.3) is 0 Å². The molecule has 0 fully saturated rings. The van der Waals surface area contributed by atoms with Crippen LogP contribution < -0.4 is 0 Å². The molecule has 0 spiro atoms. The summed E-state index contributed by atoms with van der Waals surface area (Å²) in [6.07, 6.45) is 0. The Morgan fingerprint density at radius 3 is 2.57 bits per heavy atom. The van der Waals surface area contributed by atoms with E-state index in [4.69, 9.17) is 5.11 Å². The highest BCUT2D eigenvalue weighted by Gasteiger charge is 2.20. The van der Waals surface area contributed by atoms with Crippen molar-refractivity contribution in [2.24, 2.45) is 0 Å². The molecule has 0 saturated heterocycles. The molecule has 0 radical (unpaired) electrons. The molecular weight excluding hydrogens is 258 g/mol. The van der Waals surface area contributed by atoms with Gasteiger partial charge in [-0.2, -0.15) is 0 Å². The predicted octanol–water partition coefficient (Wildman–Crippen LogP) is 2.92. The lowest BCUT2D eigenvalue weighted by molar-refractivity contribution is -0.138. The number of halogens is 3. The van der Waals surface area contributed by atoms with E-state index in [0.717, 1.165) is 12.1 Å². The van der Waals surface area contributed by atoms with Crippen LogP contribution in [0.1, 0.15) is 18.4 Å². The van der Waals surface area contributed by atoms with E-state index in [1.165, 1.54) is 6.92 Å². The van der Waals surface area contributed by atoms with E-state index in [1.807, 2.05) is 0 Å². The molecule has 1 unspecified atom stereocenters. The molecule has 0 aliphatic heterocycles. The Labute approximate surface area is 87.7 Å².